The van der Waals surface area contributed by atoms with Gasteiger partial charge < -0.3 is 20.4 Å². The van der Waals surface area contributed by atoms with E-state index >= 15 is 0 Å². The number of rotatable bonds is 2. The van der Waals surface area contributed by atoms with Crippen molar-refractivity contribution in [2.45, 2.75) is 25.9 Å². The summed E-state index contributed by atoms with van der Waals surface area (Å²) < 4.78 is 13.5. The molecule has 0 saturated carbocycles. The fourth-order valence-corrected chi connectivity index (χ4v) is 4.21. The van der Waals surface area contributed by atoms with Crippen LogP contribution in [0.25, 0.3) is 0 Å². The quantitative estimate of drug-likeness (QED) is 0.784. The van der Waals surface area contributed by atoms with E-state index in [1.54, 1.807) is 17.0 Å². The number of nitrogens with zero attached hydrogens (tertiary/aromatic N) is 3. The summed E-state index contributed by atoms with van der Waals surface area (Å²) in [5, 5.41) is 8.69. The first-order valence-electron chi connectivity index (χ1n) is 9.43. The predicted molar refractivity (Wildman–Crippen MR) is 108 cm³/mol. The molecular weight excluding hydrogens is 357 g/mol. The molecule has 2 fully saturated rings. The summed E-state index contributed by atoms with van der Waals surface area (Å²) in [5.74, 6) is -0.149. The second-order valence-corrected chi connectivity index (χ2v) is 7.45. The Morgan fingerprint density at radius 2 is 1.96 bits per heavy atom. The third-order valence-corrected chi connectivity index (χ3v) is 5.85. The molecule has 2 heterocycles. The van der Waals surface area contributed by atoms with Crippen LogP contribution in [0.1, 0.15) is 22.8 Å². The molecule has 0 aliphatic carbocycles. The van der Waals surface area contributed by atoms with Crippen molar-refractivity contribution < 1.29 is 9.18 Å². The molecular formula is C21H24FN5O. The summed E-state index contributed by atoms with van der Waals surface area (Å²) in [4.78, 5) is 18.6. The van der Waals surface area contributed by atoms with Crippen LogP contribution in [-0.2, 0) is 0 Å². The van der Waals surface area contributed by atoms with Gasteiger partial charge in [-0.05, 0) is 49.7 Å². The average molecular weight is 381 g/mol. The summed E-state index contributed by atoms with van der Waals surface area (Å²) in [6.45, 7) is 5.61. The number of fused-ring (bicyclic) bond motifs is 1. The van der Waals surface area contributed by atoms with E-state index in [2.05, 4.69) is 6.92 Å². The lowest BCUT2D eigenvalue weighted by Gasteiger charge is -2.38. The van der Waals surface area contributed by atoms with Gasteiger partial charge >= 0.3 is 0 Å². The van der Waals surface area contributed by atoms with Gasteiger partial charge in [0.15, 0.2) is 5.96 Å². The molecule has 7 heteroatoms. The Bertz CT molecular complexity index is 946. The van der Waals surface area contributed by atoms with E-state index < -0.39 is 5.82 Å². The van der Waals surface area contributed by atoms with Gasteiger partial charge in [0.05, 0.1) is 12.1 Å². The maximum absolute atomic E-state index is 13.5. The molecule has 2 saturated heterocycles. The highest BCUT2D eigenvalue weighted by atomic mass is 19.1. The zero-order valence-corrected chi connectivity index (χ0v) is 16.0. The number of halogens is 1. The molecule has 0 bridgehead atoms. The third-order valence-electron chi connectivity index (χ3n) is 5.85. The summed E-state index contributed by atoms with van der Waals surface area (Å²) >= 11 is 0. The fourth-order valence-electron chi connectivity index (χ4n) is 4.21. The average Bonchev–Trinajstić information content (AvgIpc) is 2.93. The van der Waals surface area contributed by atoms with Crippen molar-refractivity contribution >= 4 is 23.2 Å². The molecule has 2 atom stereocenters. The first kappa shape index (κ1) is 18.3. The summed E-state index contributed by atoms with van der Waals surface area (Å²) in [5.41, 5.74) is 9.00. The molecule has 28 heavy (non-hydrogen) atoms. The molecule has 2 aliphatic rings. The number of guanidine groups is 1. The number of anilines is 2. The Morgan fingerprint density at radius 3 is 2.71 bits per heavy atom. The standard InChI is InChI=1S/C21H24FN5O/c1-13-17(23)7-4-8-18(13)27-14(2)19-12-25(9-10-26(19)21(27)24)20(28)15-5-3-6-16(22)11-15/h3-8,11,14,19,24H,9-10,12,23H2,1-2H3. The van der Waals surface area contributed by atoms with Gasteiger partial charge in [-0.1, -0.05) is 12.1 Å². The zero-order valence-electron chi connectivity index (χ0n) is 16.0. The van der Waals surface area contributed by atoms with Crippen LogP contribution in [0.15, 0.2) is 42.5 Å². The highest BCUT2D eigenvalue weighted by Crippen LogP contribution is 2.34. The maximum atomic E-state index is 13.5. The minimum absolute atomic E-state index is 0.000380. The third kappa shape index (κ3) is 2.87. The van der Waals surface area contributed by atoms with Gasteiger partial charge in [0.25, 0.3) is 5.91 Å². The zero-order chi connectivity index (χ0) is 20.0. The van der Waals surface area contributed by atoms with Crippen molar-refractivity contribution in [2.75, 3.05) is 30.3 Å². The molecule has 0 radical (unpaired) electrons. The van der Waals surface area contributed by atoms with Crippen molar-refractivity contribution in [3.05, 3.63) is 59.4 Å². The van der Waals surface area contributed by atoms with E-state index in [1.165, 1.54) is 12.1 Å². The van der Waals surface area contributed by atoms with Crippen LogP contribution < -0.4 is 10.6 Å². The van der Waals surface area contributed by atoms with Crippen molar-refractivity contribution in [1.82, 2.24) is 9.80 Å². The van der Waals surface area contributed by atoms with Crippen LogP contribution in [-0.4, -0.2) is 53.4 Å². The highest BCUT2D eigenvalue weighted by molar-refractivity contribution is 5.99. The number of amides is 1. The molecule has 0 spiro atoms. The van der Waals surface area contributed by atoms with Crippen LogP contribution in [0.2, 0.25) is 0 Å². The summed E-state index contributed by atoms with van der Waals surface area (Å²) in [6.07, 6.45) is 0. The first-order valence-corrected chi connectivity index (χ1v) is 9.43. The number of nitrogens with two attached hydrogens (primary N) is 1. The monoisotopic (exact) mass is 381 g/mol. The van der Waals surface area contributed by atoms with Gasteiger partial charge in [-0.25, -0.2) is 4.39 Å². The topological polar surface area (TPSA) is 76.7 Å². The van der Waals surface area contributed by atoms with Gasteiger partial charge in [0, 0.05) is 36.6 Å². The van der Waals surface area contributed by atoms with Gasteiger partial charge in [-0.2, -0.15) is 0 Å². The molecule has 1 amide bonds. The second-order valence-electron chi connectivity index (χ2n) is 7.45. The fraction of sp³-hybridized carbons (Fsp3) is 0.333. The first-order chi connectivity index (χ1) is 13.4. The smallest absolute Gasteiger partial charge is 0.254 e. The summed E-state index contributed by atoms with van der Waals surface area (Å²) in [7, 11) is 0. The van der Waals surface area contributed by atoms with Crippen molar-refractivity contribution in [2.24, 2.45) is 0 Å². The molecule has 3 N–H and O–H groups in total. The molecule has 2 unspecified atom stereocenters. The van der Waals surface area contributed by atoms with Gasteiger partial charge in [-0.3, -0.25) is 10.2 Å². The minimum atomic E-state index is -0.413. The van der Waals surface area contributed by atoms with Gasteiger partial charge in [-0.15, -0.1) is 0 Å². The number of hydrogen-bond donors (Lipinski definition) is 2. The van der Waals surface area contributed by atoms with Crippen molar-refractivity contribution in [1.29, 1.82) is 5.41 Å². The van der Waals surface area contributed by atoms with E-state index in [-0.39, 0.29) is 18.0 Å². The second kappa shape index (κ2) is 6.82. The van der Waals surface area contributed by atoms with Crippen molar-refractivity contribution in [3.8, 4) is 0 Å². The Morgan fingerprint density at radius 1 is 1.21 bits per heavy atom. The number of carbonyl (C=O) groups is 1. The lowest BCUT2D eigenvalue weighted by Crippen LogP contribution is -2.55. The van der Waals surface area contributed by atoms with Crippen LogP contribution in [0.4, 0.5) is 15.8 Å². The Hall–Kier alpha value is -3.09. The number of benzene rings is 2. The molecule has 2 aromatic carbocycles. The Labute approximate surface area is 163 Å². The molecule has 2 aromatic rings. The van der Waals surface area contributed by atoms with Gasteiger partial charge in [0.2, 0.25) is 0 Å². The van der Waals surface area contributed by atoms with Crippen LogP contribution in [0, 0.1) is 18.2 Å². The highest BCUT2D eigenvalue weighted by Gasteiger charge is 2.45. The van der Waals surface area contributed by atoms with E-state index in [1.807, 2.05) is 34.9 Å². The number of hydrogen-bond acceptors (Lipinski definition) is 3. The van der Waals surface area contributed by atoms with Crippen molar-refractivity contribution in [3.63, 3.8) is 0 Å². The number of nitrogens with one attached hydrogen (secondary N) is 1. The molecule has 2 aliphatic heterocycles. The van der Waals surface area contributed by atoms with Gasteiger partial charge in [0.1, 0.15) is 5.82 Å². The SMILES string of the molecule is Cc1c(N)cccc1N1C(=N)N2CCN(C(=O)c3cccc(F)c3)CC2C1C. The number of piperazine rings is 1. The molecule has 146 valence electrons. The summed E-state index contributed by atoms with van der Waals surface area (Å²) in [6, 6.07) is 11.5. The van der Waals surface area contributed by atoms with Crippen LogP contribution in [0.5, 0.6) is 0 Å². The molecule has 6 nitrogen and oxygen atoms in total. The minimum Gasteiger partial charge on any atom is -0.398 e. The lowest BCUT2D eigenvalue weighted by molar-refractivity contribution is 0.0622. The Balaban J connectivity index is 1.58. The molecule has 4 rings (SSSR count). The van der Waals surface area contributed by atoms with Crippen LogP contribution >= 0.6 is 0 Å². The number of carbonyl (C=O) groups excluding carboxylic acids is 1. The van der Waals surface area contributed by atoms with E-state index in [9.17, 15) is 9.18 Å². The van der Waals surface area contributed by atoms with Crippen LogP contribution in [0.3, 0.4) is 0 Å². The normalized spacial score (nSPS) is 21.8. The number of nitrogen functional groups attached to an aromatic ring is 1. The maximum Gasteiger partial charge on any atom is 0.254 e. The molecule has 0 aromatic heterocycles. The largest absolute Gasteiger partial charge is 0.398 e. The van der Waals surface area contributed by atoms with E-state index in [4.69, 9.17) is 11.1 Å². The lowest BCUT2D eigenvalue weighted by atomic mass is 10.0. The van der Waals surface area contributed by atoms with E-state index in [0.29, 0.717) is 36.8 Å². The van der Waals surface area contributed by atoms with E-state index in [0.717, 1.165) is 11.3 Å². The Kier molecular flexibility index (Phi) is 4.45. The predicted octanol–water partition coefficient (Wildman–Crippen LogP) is 2.69.